The molecule has 6 nitrogen and oxygen atoms in total. The lowest BCUT2D eigenvalue weighted by Gasteiger charge is -2.23. The van der Waals surface area contributed by atoms with E-state index in [9.17, 15) is 9.59 Å². The highest BCUT2D eigenvalue weighted by Gasteiger charge is 2.29. The Morgan fingerprint density at radius 1 is 1.24 bits per heavy atom. The van der Waals surface area contributed by atoms with Crippen LogP contribution in [0.2, 0.25) is 12.6 Å². The van der Waals surface area contributed by atoms with Crippen LogP contribution in [0, 0.1) is 5.92 Å². The molecule has 0 amide bonds. The minimum atomic E-state index is -2.18. The summed E-state index contributed by atoms with van der Waals surface area (Å²) in [5, 5.41) is 17.4. The van der Waals surface area contributed by atoms with Gasteiger partial charge < -0.3 is 19.1 Å². The van der Waals surface area contributed by atoms with Gasteiger partial charge in [0.15, 0.2) is 0 Å². The van der Waals surface area contributed by atoms with E-state index in [0.29, 0.717) is 18.9 Å². The average Bonchev–Trinajstić information content (AvgIpc) is 2.26. The highest BCUT2D eigenvalue weighted by Crippen LogP contribution is 2.20. The van der Waals surface area contributed by atoms with Crippen molar-refractivity contribution < 1.29 is 28.7 Å². The molecule has 0 aromatic heterocycles. The number of rotatable bonds is 9. The number of carboxylic acid groups (broad SMARTS) is 2. The Hall–Kier alpha value is -0.923. The molecule has 1 unspecified atom stereocenters. The molecule has 0 fully saturated rings. The molecule has 0 saturated heterocycles. The van der Waals surface area contributed by atoms with Crippen molar-refractivity contribution in [1.82, 2.24) is 0 Å². The fraction of sp³-hybridized carbons (Fsp3) is 0.800. The van der Waals surface area contributed by atoms with Crippen LogP contribution in [0.3, 0.4) is 0 Å². The summed E-state index contributed by atoms with van der Waals surface area (Å²) in [6.07, 6.45) is 0.582. The summed E-state index contributed by atoms with van der Waals surface area (Å²) in [5.74, 6) is -2.99. The van der Waals surface area contributed by atoms with Crippen molar-refractivity contribution in [3.05, 3.63) is 0 Å². The molecule has 0 aliphatic rings. The van der Waals surface area contributed by atoms with E-state index in [-0.39, 0.29) is 6.42 Å². The zero-order chi connectivity index (χ0) is 13.5. The fourth-order valence-electron chi connectivity index (χ4n) is 1.48. The van der Waals surface area contributed by atoms with Gasteiger partial charge in [-0.2, -0.15) is 0 Å². The van der Waals surface area contributed by atoms with Gasteiger partial charge in [0.25, 0.3) is 0 Å². The van der Waals surface area contributed by atoms with E-state index in [1.807, 2.05) is 6.55 Å². The summed E-state index contributed by atoms with van der Waals surface area (Å²) in [5.41, 5.74) is 0. The zero-order valence-corrected chi connectivity index (χ0v) is 11.4. The van der Waals surface area contributed by atoms with E-state index < -0.39 is 26.4 Å². The first-order valence-electron chi connectivity index (χ1n) is 5.39. The third kappa shape index (κ3) is 6.40. The highest BCUT2D eigenvalue weighted by atomic mass is 28.4. The molecule has 0 spiro atoms. The second kappa shape index (κ2) is 7.41. The molecular weight excluding hydrogens is 244 g/mol. The van der Waals surface area contributed by atoms with Crippen LogP contribution in [0.15, 0.2) is 0 Å². The van der Waals surface area contributed by atoms with E-state index in [1.54, 1.807) is 14.2 Å². The minimum absolute atomic E-state index is 0.330. The molecule has 0 radical (unpaired) electrons. The second-order valence-corrected chi connectivity index (χ2v) is 7.65. The molecule has 2 N–H and O–H groups in total. The SMILES string of the molecule is CO[Si](C)(CCCC(CC(=O)O)C(=O)O)OC. The summed E-state index contributed by atoms with van der Waals surface area (Å²) in [6, 6.07) is 0.656. The molecule has 0 aliphatic heterocycles. The third-order valence-electron chi connectivity index (χ3n) is 2.82. The van der Waals surface area contributed by atoms with Crippen molar-refractivity contribution in [2.45, 2.75) is 31.9 Å². The van der Waals surface area contributed by atoms with Crippen molar-refractivity contribution in [2.75, 3.05) is 14.2 Å². The predicted molar refractivity (Wildman–Crippen MR) is 63.1 cm³/mol. The number of hydrogen-bond donors (Lipinski definition) is 2. The van der Waals surface area contributed by atoms with Crippen molar-refractivity contribution in [3.63, 3.8) is 0 Å². The van der Waals surface area contributed by atoms with E-state index in [1.165, 1.54) is 0 Å². The Morgan fingerprint density at radius 3 is 2.12 bits per heavy atom. The standard InChI is InChI=1S/C10H20O6Si/c1-15-17(3,16-2)6-4-5-8(10(13)14)7-9(11)12/h8H,4-7H2,1-3H3,(H,11,12)(H,13,14). The number of aliphatic carboxylic acids is 2. The van der Waals surface area contributed by atoms with Crippen LogP contribution in [0.1, 0.15) is 19.3 Å². The molecule has 0 aromatic carbocycles. The van der Waals surface area contributed by atoms with Gasteiger partial charge >= 0.3 is 20.5 Å². The molecule has 0 heterocycles. The largest absolute Gasteiger partial charge is 0.481 e. The van der Waals surface area contributed by atoms with E-state index in [2.05, 4.69) is 0 Å². The maximum absolute atomic E-state index is 10.8. The fourth-order valence-corrected chi connectivity index (χ4v) is 2.90. The Balaban J connectivity index is 4.14. The molecule has 0 bridgehead atoms. The quantitative estimate of drug-likeness (QED) is 0.610. The lowest BCUT2D eigenvalue weighted by molar-refractivity contribution is -0.148. The molecule has 0 aromatic rings. The van der Waals surface area contributed by atoms with Gasteiger partial charge in [-0.05, 0) is 19.0 Å². The molecule has 7 heteroatoms. The van der Waals surface area contributed by atoms with Crippen LogP contribution in [-0.2, 0) is 18.4 Å². The van der Waals surface area contributed by atoms with Gasteiger partial charge in [0.2, 0.25) is 0 Å². The van der Waals surface area contributed by atoms with E-state index in [0.717, 1.165) is 0 Å². The summed E-state index contributed by atoms with van der Waals surface area (Å²) in [7, 11) is 0.963. The zero-order valence-electron chi connectivity index (χ0n) is 10.4. The van der Waals surface area contributed by atoms with Crippen molar-refractivity contribution in [3.8, 4) is 0 Å². The Morgan fingerprint density at radius 2 is 1.76 bits per heavy atom. The first-order valence-corrected chi connectivity index (χ1v) is 7.92. The summed E-state index contributed by atoms with van der Waals surface area (Å²) in [4.78, 5) is 21.3. The van der Waals surface area contributed by atoms with Crippen LogP contribution < -0.4 is 0 Å². The molecule has 17 heavy (non-hydrogen) atoms. The van der Waals surface area contributed by atoms with Gasteiger partial charge in [0.05, 0.1) is 12.3 Å². The number of hydrogen-bond acceptors (Lipinski definition) is 4. The first kappa shape index (κ1) is 16.1. The predicted octanol–water partition coefficient (Wildman–Crippen LogP) is 1.31. The molecule has 100 valence electrons. The molecular formula is C10H20O6Si. The third-order valence-corrected chi connectivity index (χ3v) is 5.81. The smallest absolute Gasteiger partial charge is 0.334 e. The summed E-state index contributed by atoms with van der Waals surface area (Å²) >= 11 is 0. The lowest BCUT2D eigenvalue weighted by atomic mass is 10.0. The van der Waals surface area contributed by atoms with Crippen LogP contribution in [0.5, 0.6) is 0 Å². The van der Waals surface area contributed by atoms with E-state index >= 15 is 0 Å². The van der Waals surface area contributed by atoms with Gasteiger partial charge in [-0.25, -0.2) is 0 Å². The number of carbonyl (C=O) groups is 2. The molecule has 1 atom stereocenters. The Bertz CT molecular complexity index is 264. The Kier molecular flexibility index (Phi) is 7.01. The highest BCUT2D eigenvalue weighted by molar-refractivity contribution is 6.65. The minimum Gasteiger partial charge on any atom is -0.481 e. The van der Waals surface area contributed by atoms with Crippen molar-refractivity contribution in [2.24, 2.45) is 5.92 Å². The van der Waals surface area contributed by atoms with Crippen LogP contribution in [-0.4, -0.2) is 44.9 Å². The van der Waals surface area contributed by atoms with Crippen LogP contribution in [0.4, 0.5) is 0 Å². The van der Waals surface area contributed by atoms with Gasteiger partial charge in [-0.1, -0.05) is 6.42 Å². The first-order chi connectivity index (χ1) is 7.84. The molecule has 0 saturated carbocycles. The van der Waals surface area contributed by atoms with Gasteiger partial charge in [-0.15, -0.1) is 0 Å². The normalized spacial score (nSPS) is 13.4. The van der Waals surface area contributed by atoms with Gasteiger partial charge in [0, 0.05) is 14.2 Å². The van der Waals surface area contributed by atoms with Crippen molar-refractivity contribution >= 4 is 20.5 Å². The Labute approximate surface area is 102 Å². The van der Waals surface area contributed by atoms with Gasteiger partial charge in [-0.3, -0.25) is 9.59 Å². The van der Waals surface area contributed by atoms with Gasteiger partial charge in [0.1, 0.15) is 0 Å². The van der Waals surface area contributed by atoms with E-state index in [4.69, 9.17) is 19.1 Å². The summed E-state index contributed by atoms with van der Waals surface area (Å²) < 4.78 is 10.5. The molecule has 0 rings (SSSR count). The topological polar surface area (TPSA) is 93.1 Å². The number of carboxylic acids is 2. The second-order valence-electron chi connectivity index (χ2n) is 4.07. The lowest BCUT2D eigenvalue weighted by Crippen LogP contribution is -2.36. The van der Waals surface area contributed by atoms with Crippen LogP contribution in [0.25, 0.3) is 0 Å². The molecule has 0 aliphatic carbocycles. The van der Waals surface area contributed by atoms with Crippen LogP contribution >= 0.6 is 0 Å². The monoisotopic (exact) mass is 264 g/mol. The maximum atomic E-state index is 10.8. The summed E-state index contributed by atoms with van der Waals surface area (Å²) in [6.45, 7) is 1.89. The van der Waals surface area contributed by atoms with Crippen molar-refractivity contribution in [1.29, 1.82) is 0 Å². The average molecular weight is 264 g/mol. The maximum Gasteiger partial charge on any atom is 0.334 e.